The van der Waals surface area contributed by atoms with Gasteiger partial charge < -0.3 is 20.1 Å². The number of thiophene rings is 1. The lowest BCUT2D eigenvalue weighted by atomic mass is 9.79. The zero-order valence-corrected chi connectivity index (χ0v) is 18.1. The van der Waals surface area contributed by atoms with Crippen LogP contribution in [0.2, 0.25) is 0 Å². The van der Waals surface area contributed by atoms with Crippen LogP contribution in [-0.2, 0) is 19.1 Å². The normalized spacial score (nSPS) is 19.1. The number of ether oxygens (including phenoxy) is 2. The van der Waals surface area contributed by atoms with E-state index in [1.54, 1.807) is 12.1 Å². The predicted octanol–water partition coefficient (Wildman–Crippen LogP) is 1.56. The third-order valence-electron chi connectivity index (χ3n) is 5.80. The first-order valence-corrected chi connectivity index (χ1v) is 11.5. The smallest absolute Gasteiger partial charge is 0.308 e. The number of esters is 1. The summed E-state index contributed by atoms with van der Waals surface area (Å²) in [5.74, 6) is -1.00. The standard InChI is InChI=1S/C21H31N3O5S/c25-18(15-29-19(26)6-9-22-20(27)17-5-4-14-30-17)23-16-21(7-2-1-3-8-21)24-10-12-28-13-11-24/h4-5,14H,1-3,6-13,15-16H2,(H,22,27)(H,23,25). The van der Waals surface area contributed by atoms with Crippen molar-refractivity contribution in [3.63, 3.8) is 0 Å². The van der Waals surface area contributed by atoms with Crippen LogP contribution < -0.4 is 10.6 Å². The van der Waals surface area contributed by atoms with E-state index < -0.39 is 5.97 Å². The molecule has 2 amide bonds. The first kappa shape index (κ1) is 22.7. The fraction of sp³-hybridized carbons (Fsp3) is 0.667. The van der Waals surface area contributed by atoms with Crippen molar-refractivity contribution in [1.82, 2.24) is 15.5 Å². The second-order valence-corrected chi connectivity index (χ2v) is 8.75. The molecule has 0 radical (unpaired) electrons. The molecule has 1 aromatic heterocycles. The van der Waals surface area contributed by atoms with Gasteiger partial charge in [-0.1, -0.05) is 25.3 Å². The average molecular weight is 438 g/mol. The molecule has 30 heavy (non-hydrogen) atoms. The van der Waals surface area contributed by atoms with Crippen LogP contribution in [0.5, 0.6) is 0 Å². The highest BCUT2D eigenvalue weighted by Gasteiger charge is 2.38. The molecule has 2 N–H and O–H groups in total. The first-order valence-electron chi connectivity index (χ1n) is 10.7. The summed E-state index contributed by atoms with van der Waals surface area (Å²) in [5, 5.41) is 7.46. The largest absolute Gasteiger partial charge is 0.456 e. The van der Waals surface area contributed by atoms with E-state index in [-0.39, 0.29) is 36.9 Å². The van der Waals surface area contributed by atoms with Crippen molar-refractivity contribution >= 4 is 29.1 Å². The Bertz CT molecular complexity index is 698. The SMILES string of the molecule is O=C(COC(=O)CCNC(=O)c1cccs1)NCC1(N2CCOCC2)CCCCC1. The summed E-state index contributed by atoms with van der Waals surface area (Å²) >= 11 is 1.34. The van der Waals surface area contributed by atoms with Gasteiger partial charge in [0.2, 0.25) is 0 Å². The van der Waals surface area contributed by atoms with Gasteiger partial charge in [0.1, 0.15) is 0 Å². The van der Waals surface area contributed by atoms with Gasteiger partial charge in [-0.05, 0) is 24.3 Å². The third-order valence-corrected chi connectivity index (χ3v) is 6.67. The second-order valence-electron chi connectivity index (χ2n) is 7.81. The number of hydrogen-bond acceptors (Lipinski definition) is 7. The Labute approximate surface area is 181 Å². The van der Waals surface area contributed by atoms with Crippen LogP contribution in [0.1, 0.15) is 48.2 Å². The number of carbonyl (C=O) groups is 3. The first-order chi connectivity index (χ1) is 14.6. The van der Waals surface area contributed by atoms with E-state index in [1.807, 2.05) is 5.38 Å². The fourth-order valence-electron chi connectivity index (χ4n) is 4.16. The summed E-state index contributed by atoms with van der Waals surface area (Å²) in [6, 6.07) is 3.52. The minimum atomic E-state index is -0.503. The zero-order chi connectivity index (χ0) is 21.2. The minimum Gasteiger partial charge on any atom is -0.456 e. The Kier molecular flexibility index (Phi) is 8.65. The van der Waals surface area contributed by atoms with E-state index in [0.717, 1.165) is 39.1 Å². The van der Waals surface area contributed by atoms with Crippen LogP contribution in [0.3, 0.4) is 0 Å². The van der Waals surface area contributed by atoms with Crippen molar-refractivity contribution in [2.24, 2.45) is 0 Å². The zero-order valence-electron chi connectivity index (χ0n) is 17.3. The van der Waals surface area contributed by atoms with Crippen LogP contribution in [0.15, 0.2) is 17.5 Å². The van der Waals surface area contributed by atoms with Crippen LogP contribution in [0, 0.1) is 0 Å². The van der Waals surface area contributed by atoms with Crippen molar-refractivity contribution in [2.45, 2.75) is 44.1 Å². The topological polar surface area (TPSA) is 97.0 Å². The lowest BCUT2D eigenvalue weighted by molar-refractivity contribution is -0.148. The van der Waals surface area contributed by atoms with Gasteiger partial charge in [-0.25, -0.2) is 0 Å². The number of hydrogen-bond donors (Lipinski definition) is 2. The molecule has 2 aliphatic rings. The Morgan fingerprint density at radius 2 is 1.90 bits per heavy atom. The van der Waals surface area contributed by atoms with Crippen molar-refractivity contribution in [2.75, 3.05) is 46.0 Å². The molecule has 2 heterocycles. The predicted molar refractivity (Wildman–Crippen MR) is 113 cm³/mol. The van der Waals surface area contributed by atoms with E-state index in [0.29, 0.717) is 11.4 Å². The van der Waals surface area contributed by atoms with E-state index >= 15 is 0 Å². The molecule has 1 aliphatic heterocycles. The maximum atomic E-state index is 12.3. The highest BCUT2D eigenvalue weighted by Crippen LogP contribution is 2.33. The molecule has 0 unspecified atom stereocenters. The molecule has 0 bridgehead atoms. The number of carbonyl (C=O) groups excluding carboxylic acids is 3. The third kappa shape index (κ3) is 6.52. The Balaban J connectivity index is 1.35. The highest BCUT2D eigenvalue weighted by atomic mass is 32.1. The molecule has 1 aromatic rings. The fourth-order valence-corrected chi connectivity index (χ4v) is 4.80. The van der Waals surface area contributed by atoms with Crippen LogP contribution in [0.4, 0.5) is 0 Å². The molecular formula is C21H31N3O5S. The highest BCUT2D eigenvalue weighted by molar-refractivity contribution is 7.12. The maximum absolute atomic E-state index is 12.3. The maximum Gasteiger partial charge on any atom is 0.308 e. The van der Waals surface area contributed by atoms with Crippen LogP contribution in [-0.4, -0.2) is 74.2 Å². The monoisotopic (exact) mass is 437 g/mol. The van der Waals surface area contributed by atoms with Gasteiger partial charge in [0, 0.05) is 31.7 Å². The summed E-state index contributed by atoms with van der Waals surface area (Å²) in [6.45, 7) is 3.70. The number of amides is 2. The Morgan fingerprint density at radius 3 is 2.60 bits per heavy atom. The minimum absolute atomic E-state index is 0.0201. The molecule has 1 saturated carbocycles. The number of rotatable bonds is 9. The molecule has 8 nitrogen and oxygen atoms in total. The molecular weight excluding hydrogens is 406 g/mol. The van der Waals surface area contributed by atoms with E-state index in [1.165, 1.54) is 30.6 Å². The van der Waals surface area contributed by atoms with E-state index in [2.05, 4.69) is 15.5 Å². The Hall–Kier alpha value is -1.97. The van der Waals surface area contributed by atoms with Gasteiger partial charge in [0.15, 0.2) is 6.61 Å². The van der Waals surface area contributed by atoms with Gasteiger partial charge in [0.25, 0.3) is 11.8 Å². The number of nitrogens with zero attached hydrogens (tertiary/aromatic N) is 1. The van der Waals surface area contributed by atoms with Crippen molar-refractivity contribution in [3.8, 4) is 0 Å². The summed E-state index contributed by atoms with van der Waals surface area (Å²) < 4.78 is 10.5. The summed E-state index contributed by atoms with van der Waals surface area (Å²) in [6.07, 6.45) is 5.73. The molecule has 0 spiro atoms. The van der Waals surface area contributed by atoms with E-state index in [4.69, 9.17) is 9.47 Å². The number of nitrogens with one attached hydrogen (secondary N) is 2. The molecule has 0 aromatic carbocycles. The average Bonchev–Trinajstić information content (AvgIpc) is 3.33. The summed E-state index contributed by atoms with van der Waals surface area (Å²) in [4.78, 5) is 39.0. The van der Waals surface area contributed by atoms with Gasteiger partial charge >= 0.3 is 5.97 Å². The lowest BCUT2D eigenvalue weighted by Crippen LogP contribution is -2.59. The molecule has 2 fully saturated rings. The molecule has 0 atom stereocenters. The van der Waals surface area contributed by atoms with Crippen molar-refractivity contribution in [1.29, 1.82) is 0 Å². The van der Waals surface area contributed by atoms with Crippen LogP contribution in [0.25, 0.3) is 0 Å². The summed E-state index contributed by atoms with van der Waals surface area (Å²) in [5.41, 5.74) is -0.0201. The van der Waals surface area contributed by atoms with Gasteiger partial charge in [-0.2, -0.15) is 0 Å². The molecule has 3 rings (SSSR count). The molecule has 1 aliphatic carbocycles. The van der Waals surface area contributed by atoms with Gasteiger partial charge in [0.05, 0.1) is 24.5 Å². The Morgan fingerprint density at radius 1 is 1.13 bits per heavy atom. The van der Waals surface area contributed by atoms with Gasteiger partial charge in [-0.3, -0.25) is 19.3 Å². The van der Waals surface area contributed by atoms with E-state index in [9.17, 15) is 14.4 Å². The van der Waals surface area contributed by atoms with Crippen molar-refractivity contribution < 1.29 is 23.9 Å². The lowest BCUT2D eigenvalue weighted by Gasteiger charge is -2.48. The van der Waals surface area contributed by atoms with Crippen molar-refractivity contribution in [3.05, 3.63) is 22.4 Å². The molecule has 166 valence electrons. The molecule has 1 saturated heterocycles. The van der Waals surface area contributed by atoms with Crippen LogP contribution >= 0.6 is 11.3 Å². The quantitative estimate of drug-likeness (QED) is 0.569. The number of morpholine rings is 1. The second kappa shape index (κ2) is 11.4. The summed E-state index contributed by atoms with van der Waals surface area (Å²) in [7, 11) is 0. The molecule has 9 heteroatoms. The van der Waals surface area contributed by atoms with Gasteiger partial charge in [-0.15, -0.1) is 11.3 Å².